The number of carbonyl (C=O) groups excluding carboxylic acids is 2. The molecule has 0 bridgehead atoms. The van der Waals surface area contributed by atoms with E-state index in [0.29, 0.717) is 0 Å². The molecule has 0 aliphatic carbocycles. The van der Waals surface area contributed by atoms with E-state index in [1.165, 1.54) is 4.90 Å². The minimum absolute atomic E-state index is 0.0373. The highest BCUT2D eigenvalue weighted by molar-refractivity contribution is 6.03. The number of likely N-dealkylation sites (N-methyl/N-ethyl adjacent to an activating group) is 1. The van der Waals surface area contributed by atoms with Crippen molar-refractivity contribution >= 4 is 34.1 Å². The summed E-state index contributed by atoms with van der Waals surface area (Å²) >= 11 is 0. The van der Waals surface area contributed by atoms with Gasteiger partial charge in [0, 0.05) is 18.1 Å². The van der Waals surface area contributed by atoms with Crippen molar-refractivity contribution in [3.05, 3.63) is 71.8 Å². The molecular formula is C22H23N3O2. The quantitative estimate of drug-likeness (QED) is 0.716. The third-order valence-corrected chi connectivity index (χ3v) is 4.50. The molecule has 27 heavy (non-hydrogen) atoms. The number of carbonyl (C=O) groups is 2. The molecule has 0 saturated heterocycles. The SMILES string of the molecule is Cc1cccc(C)c1NC(=O)CN(C)C(=O)Nc1cccc2ccccc12. The number of fused-ring (bicyclic) bond motifs is 1. The van der Waals surface area contributed by atoms with Crippen LogP contribution in [0.5, 0.6) is 0 Å². The van der Waals surface area contributed by atoms with Gasteiger partial charge < -0.3 is 15.5 Å². The molecule has 0 spiro atoms. The summed E-state index contributed by atoms with van der Waals surface area (Å²) in [4.78, 5) is 26.2. The summed E-state index contributed by atoms with van der Waals surface area (Å²) in [6, 6.07) is 19.1. The molecule has 0 saturated carbocycles. The largest absolute Gasteiger partial charge is 0.324 e. The number of nitrogens with zero attached hydrogens (tertiary/aromatic N) is 1. The van der Waals surface area contributed by atoms with Gasteiger partial charge in [0.1, 0.15) is 6.54 Å². The van der Waals surface area contributed by atoms with Crippen molar-refractivity contribution in [3.63, 3.8) is 0 Å². The first kappa shape index (κ1) is 18.5. The highest BCUT2D eigenvalue weighted by atomic mass is 16.2. The first-order chi connectivity index (χ1) is 13.0. The van der Waals surface area contributed by atoms with Crippen LogP contribution in [0.25, 0.3) is 10.8 Å². The molecule has 0 fully saturated rings. The van der Waals surface area contributed by atoms with Crippen LogP contribution in [0.1, 0.15) is 11.1 Å². The summed E-state index contributed by atoms with van der Waals surface area (Å²) in [5.41, 5.74) is 3.50. The number of anilines is 2. The molecular weight excluding hydrogens is 338 g/mol. The van der Waals surface area contributed by atoms with Crippen LogP contribution >= 0.6 is 0 Å². The van der Waals surface area contributed by atoms with E-state index >= 15 is 0 Å². The lowest BCUT2D eigenvalue weighted by molar-refractivity contribution is -0.116. The number of urea groups is 1. The van der Waals surface area contributed by atoms with E-state index < -0.39 is 0 Å². The minimum atomic E-state index is -0.331. The van der Waals surface area contributed by atoms with Crippen LogP contribution in [-0.2, 0) is 4.79 Å². The Hall–Kier alpha value is -3.34. The first-order valence-corrected chi connectivity index (χ1v) is 8.81. The monoisotopic (exact) mass is 361 g/mol. The fraction of sp³-hybridized carbons (Fsp3) is 0.182. The number of hydrogen-bond donors (Lipinski definition) is 2. The van der Waals surface area contributed by atoms with Gasteiger partial charge >= 0.3 is 6.03 Å². The number of nitrogens with one attached hydrogen (secondary N) is 2. The number of aryl methyl sites for hydroxylation is 2. The van der Waals surface area contributed by atoms with E-state index in [9.17, 15) is 9.59 Å². The molecule has 3 aromatic rings. The molecule has 0 radical (unpaired) electrons. The summed E-state index contributed by atoms with van der Waals surface area (Å²) < 4.78 is 0. The molecule has 0 aliphatic heterocycles. The minimum Gasteiger partial charge on any atom is -0.324 e. The Bertz CT molecular complexity index is 972. The first-order valence-electron chi connectivity index (χ1n) is 8.81. The average Bonchev–Trinajstić information content (AvgIpc) is 2.65. The Morgan fingerprint density at radius 2 is 1.48 bits per heavy atom. The van der Waals surface area contributed by atoms with Crippen LogP contribution in [0.2, 0.25) is 0 Å². The van der Waals surface area contributed by atoms with Gasteiger partial charge in [0.25, 0.3) is 0 Å². The van der Waals surface area contributed by atoms with Gasteiger partial charge in [0.2, 0.25) is 5.91 Å². The van der Waals surface area contributed by atoms with Crippen LogP contribution < -0.4 is 10.6 Å². The molecule has 0 atom stereocenters. The number of hydrogen-bond acceptors (Lipinski definition) is 2. The van der Waals surface area contributed by atoms with Gasteiger partial charge in [-0.3, -0.25) is 4.79 Å². The molecule has 0 aromatic heterocycles. The van der Waals surface area contributed by atoms with Crippen LogP contribution in [0.4, 0.5) is 16.2 Å². The number of para-hydroxylation sites is 1. The zero-order valence-corrected chi connectivity index (χ0v) is 15.7. The number of benzene rings is 3. The summed E-state index contributed by atoms with van der Waals surface area (Å²) in [6.45, 7) is 3.85. The van der Waals surface area contributed by atoms with Gasteiger partial charge in [-0.05, 0) is 36.4 Å². The van der Waals surface area contributed by atoms with E-state index in [2.05, 4.69) is 10.6 Å². The maximum atomic E-state index is 12.5. The summed E-state index contributed by atoms with van der Waals surface area (Å²) in [6.07, 6.45) is 0. The molecule has 5 nitrogen and oxygen atoms in total. The Morgan fingerprint density at radius 3 is 2.22 bits per heavy atom. The van der Waals surface area contributed by atoms with Crippen molar-refractivity contribution in [1.82, 2.24) is 4.90 Å². The molecule has 0 heterocycles. The van der Waals surface area contributed by atoms with Gasteiger partial charge in [-0.1, -0.05) is 54.6 Å². The smallest absolute Gasteiger partial charge is 0.322 e. The number of amides is 3. The lowest BCUT2D eigenvalue weighted by atomic mass is 10.1. The normalized spacial score (nSPS) is 10.5. The molecule has 3 aromatic carbocycles. The molecule has 0 aliphatic rings. The Morgan fingerprint density at radius 1 is 0.852 bits per heavy atom. The summed E-state index contributed by atoms with van der Waals surface area (Å²) in [5.74, 6) is -0.233. The van der Waals surface area contributed by atoms with Crippen LogP contribution in [-0.4, -0.2) is 30.4 Å². The third kappa shape index (κ3) is 4.26. The Balaban J connectivity index is 1.66. The van der Waals surface area contributed by atoms with Crippen LogP contribution in [0, 0.1) is 13.8 Å². The van der Waals surface area contributed by atoms with Gasteiger partial charge in [-0.15, -0.1) is 0 Å². The molecule has 3 amide bonds. The van der Waals surface area contributed by atoms with Crippen molar-refractivity contribution in [2.75, 3.05) is 24.2 Å². The van der Waals surface area contributed by atoms with E-state index in [-0.39, 0.29) is 18.5 Å². The highest BCUT2D eigenvalue weighted by Crippen LogP contribution is 2.23. The zero-order chi connectivity index (χ0) is 19.4. The van der Waals surface area contributed by atoms with E-state index in [4.69, 9.17) is 0 Å². The number of rotatable bonds is 4. The predicted molar refractivity (Wildman–Crippen MR) is 110 cm³/mol. The second kappa shape index (κ2) is 7.91. The average molecular weight is 361 g/mol. The van der Waals surface area contributed by atoms with Crippen molar-refractivity contribution < 1.29 is 9.59 Å². The molecule has 2 N–H and O–H groups in total. The Kier molecular flexibility index (Phi) is 5.41. The Labute approximate surface area is 159 Å². The zero-order valence-electron chi connectivity index (χ0n) is 15.7. The fourth-order valence-corrected chi connectivity index (χ4v) is 3.02. The van der Waals surface area contributed by atoms with Crippen molar-refractivity contribution in [2.24, 2.45) is 0 Å². The lowest BCUT2D eigenvalue weighted by Gasteiger charge is -2.19. The standard InChI is InChI=1S/C22H23N3O2/c1-15-8-6-9-16(2)21(15)24-20(26)14-25(3)22(27)23-19-13-7-11-17-10-4-5-12-18(17)19/h4-13H,14H2,1-3H3,(H,23,27)(H,24,26). The van der Waals surface area contributed by atoms with Gasteiger partial charge in [0.15, 0.2) is 0 Å². The van der Waals surface area contributed by atoms with Crippen LogP contribution in [0.3, 0.4) is 0 Å². The molecule has 138 valence electrons. The molecule has 0 unspecified atom stereocenters. The van der Waals surface area contributed by atoms with Gasteiger partial charge in [-0.25, -0.2) is 4.79 Å². The second-order valence-corrected chi connectivity index (χ2v) is 6.63. The molecule has 5 heteroatoms. The van der Waals surface area contributed by atoms with Gasteiger partial charge in [-0.2, -0.15) is 0 Å². The maximum Gasteiger partial charge on any atom is 0.322 e. The van der Waals surface area contributed by atoms with E-state index in [0.717, 1.165) is 33.3 Å². The third-order valence-electron chi connectivity index (χ3n) is 4.50. The topological polar surface area (TPSA) is 61.4 Å². The predicted octanol–water partition coefficient (Wildman–Crippen LogP) is 4.56. The van der Waals surface area contributed by atoms with Crippen molar-refractivity contribution in [1.29, 1.82) is 0 Å². The summed E-state index contributed by atoms with van der Waals surface area (Å²) in [7, 11) is 1.60. The van der Waals surface area contributed by atoms with Crippen LogP contribution in [0.15, 0.2) is 60.7 Å². The molecule has 3 rings (SSSR count). The van der Waals surface area contributed by atoms with Crippen molar-refractivity contribution in [2.45, 2.75) is 13.8 Å². The van der Waals surface area contributed by atoms with Crippen molar-refractivity contribution in [3.8, 4) is 0 Å². The second-order valence-electron chi connectivity index (χ2n) is 6.63. The lowest BCUT2D eigenvalue weighted by Crippen LogP contribution is -2.37. The maximum absolute atomic E-state index is 12.5. The highest BCUT2D eigenvalue weighted by Gasteiger charge is 2.15. The van der Waals surface area contributed by atoms with E-state index in [1.54, 1.807) is 7.05 Å². The summed E-state index contributed by atoms with van der Waals surface area (Å²) in [5, 5.41) is 7.79. The van der Waals surface area contributed by atoms with Gasteiger partial charge in [0.05, 0.1) is 5.69 Å². The van der Waals surface area contributed by atoms with E-state index in [1.807, 2.05) is 74.5 Å². The fourth-order valence-electron chi connectivity index (χ4n) is 3.02.